The molecule has 1 heterocycles. The highest BCUT2D eigenvalue weighted by Gasteiger charge is 2.19. The second-order valence-electron chi connectivity index (χ2n) is 4.14. The molecule has 0 aliphatic heterocycles. The van der Waals surface area contributed by atoms with Gasteiger partial charge in [-0.3, -0.25) is 0 Å². The van der Waals surface area contributed by atoms with Gasteiger partial charge in [-0.15, -0.1) is 10.2 Å². The molecular formula is C13H17N3O4. The second kappa shape index (κ2) is 5.79. The minimum atomic E-state index is -0.331. The molecule has 1 aromatic heterocycles. The average molecular weight is 279 g/mol. The van der Waals surface area contributed by atoms with Crippen LogP contribution in [0, 0.1) is 0 Å². The fraction of sp³-hybridized carbons (Fsp3) is 0.385. The molecule has 0 amide bonds. The van der Waals surface area contributed by atoms with Gasteiger partial charge < -0.3 is 24.4 Å². The molecule has 0 spiro atoms. The van der Waals surface area contributed by atoms with Crippen molar-refractivity contribution < 1.29 is 18.6 Å². The van der Waals surface area contributed by atoms with E-state index in [-0.39, 0.29) is 6.04 Å². The van der Waals surface area contributed by atoms with E-state index < -0.39 is 0 Å². The van der Waals surface area contributed by atoms with Gasteiger partial charge in [-0.2, -0.15) is 0 Å². The Morgan fingerprint density at radius 2 is 1.60 bits per heavy atom. The standard InChI is InChI=1S/C13H17N3O4/c1-7(14)12-15-16-13(20-12)8-5-10(18-3)11(19-4)6-9(8)17-2/h5-7H,14H2,1-4H3. The Morgan fingerprint density at radius 3 is 2.10 bits per heavy atom. The highest BCUT2D eigenvalue weighted by Crippen LogP contribution is 2.39. The van der Waals surface area contributed by atoms with Crippen LogP contribution in [0.5, 0.6) is 17.2 Å². The number of aromatic nitrogens is 2. The van der Waals surface area contributed by atoms with E-state index in [1.54, 1.807) is 40.4 Å². The van der Waals surface area contributed by atoms with Crippen LogP contribution < -0.4 is 19.9 Å². The van der Waals surface area contributed by atoms with Crippen molar-refractivity contribution in [2.75, 3.05) is 21.3 Å². The summed E-state index contributed by atoms with van der Waals surface area (Å²) >= 11 is 0. The molecule has 0 fully saturated rings. The first-order chi connectivity index (χ1) is 9.60. The van der Waals surface area contributed by atoms with Crippen LogP contribution in [0.1, 0.15) is 18.9 Å². The molecule has 7 nitrogen and oxygen atoms in total. The van der Waals surface area contributed by atoms with E-state index >= 15 is 0 Å². The number of methoxy groups -OCH3 is 3. The molecule has 0 aliphatic carbocycles. The third-order valence-electron chi connectivity index (χ3n) is 2.77. The molecule has 7 heteroatoms. The Kier molecular flexibility index (Phi) is 4.09. The van der Waals surface area contributed by atoms with Crippen molar-refractivity contribution in [1.82, 2.24) is 10.2 Å². The van der Waals surface area contributed by atoms with Gasteiger partial charge in [0.1, 0.15) is 5.75 Å². The molecule has 20 heavy (non-hydrogen) atoms. The highest BCUT2D eigenvalue weighted by molar-refractivity contribution is 5.68. The van der Waals surface area contributed by atoms with Crippen molar-refractivity contribution >= 4 is 0 Å². The normalized spacial score (nSPS) is 12.1. The number of hydrogen-bond acceptors (Lipinski definition) is 7. The van der Waals surface area contributed by atoms with Crippen LogP contribution in [0.15, 0.2) is 16.5 Å². The molecule has 2 N–H and O–H groups in total. The first kappa shape index (κ1) is 14.1. The van der Waals surface area contributed by atoms with Crippen molar-refractivity contribution in [2.24, 2.45) is 5.73 Å². The minimum Gasteiger partial charge on any atom is -0.496 e. The van der Waals surface area contributed by atoms with Crippen LogP contribution in [0.25, 0.3) is 11.5 Å². The van der Waals surface area contributed by atoms with Gasteiger partial charge in [0.15, 0.2) is 11.5 Å². The van der Waals surface area contributed by atoms with Crippen molar-refractivity contribution in [2.45, 2.75) is 13.0 Å². The molecule has 0 bridgehead atoms. The molecule has 0 saturated heterocycles. The van der Waals surface area contributed by atoms with Crippen LogP contribution >= 0.6 is 0 Å². The Labute approximate surface area is 116 Å². The number of benzene rings is 1. The van der Waals surface area contributed by atoms with E-state index in [0.717, 1.165) is 0 Å². The lowest BCUT2D eigenvalue weighted by atomic mass is 10.1. The maximum absolute atomic E-state index is 5.71. The van der Waals surface area contributed by atoms with Gasteiger partial charge in [0.05, 0.1) is 32.9 Å². The quantitative estimate of drug-likeness (QED) is 0.891. The zero-order valence-corrected chi connectivity index (χ0v) is 11.8. The zero-order valence-electron chi connectivity index (χ0n) is 11.8. The lowest BCUT2D eigenvalue weighted by molar-refractivity contribution is 0.349. The van der Waals surface area contributed by atoms with Crippen LogP contribution in [-0.4, -0.2) is 31.5 Å². The lowest BCUT2D eigenvalue weighted by Gasteiger charge is -2.12. The first-order valence-electron chi connectivity index (χ1n) is 6.00. The summed E-state index contributed by atoms with van der Waals surface area (Å²) < 4.78 is 21.3. The summed E-state index contributed by atoms with van der Waals surface area (Å²) in [4.78, 5) is 0. The zero-order chi connectivity index (χ0) is 14.7. The molecule has 0 saturated carbocycles. The van der Waals surface area contributed by atoms with E-state index in [2.05, 4.69) is 10.2 Å². The van der Waals surface area contributed by atoms with Gasteiger partial charge in [0.25, 0.3) is 5.89 Å². The van der Waals surface area contributed by atoms with E-state index in [4.69, 9.17) is 24.4 Å². The maximum atomic E-state index is 5.71. The van der Waals surface area contributed by atoms with E-state index in [0.29, 0.717) is 34.6 Å². The molecule has 1 aromatic carbocycles. The number of rotatable bonds is 5. The SMILES string of the molecule is COc1cc(OC)c(-c2nnc(C(C)N)o2)cc1OC. The monoisotopic (exact) mass is 279 g/mol. The smallest absolute Gasteiger partial charge is 0.251 e. The molecular weight excluding hydrogens is 262 g/mol. The third kappa shape index (κ3) is 2.53. The van der Waals surface area contributed by atoms with Crippen molar-refractivity contribution in [1.29, 1.82) is 0 Å². The van der Waals surface area contributed by atoms with Crippen molar-refractivity contribution in [3.05, 3.63) is 18.0 Å². The number of nitrogens with zero attached hydrogens (tertiary/aromatic N) is 2. The predicted molar refractivity (Wildman–Crippen MR) is 72.0 cm³/mol. The first-order valence-corrected chi connectivity index (χ1v) is 6.00. The molecule has 0 radical (unpaired) electrons. The molecule has 2 aromatic rings. The fourth-order valence-corrected chi connectivity index (χ4v) is 1.72. The second-order valence-corrected chi connectivity index (χ2v) is 4.14. The predicted octanol–water partition coefficient (Wildman–Crippen LogP) is 1.78. The summed E-state index contributed by atoms with van der Waals surface area (Å²) in [5, 5.41) is 7.87. The number of hydrogen-bond donors (Lipinski definition) is 1. The topological polar surface area (TPSA) is 92.6 Å². The molecule has 2 rings (SSSR count). The van der Waals surface area contributed by atoms with Gasteiger partial charge in [0.2, 0.25) is 5.89 Å². The number of nitrogens with two attached hydrogens (primary N) is 1. The van der Waals surface area contributed by atoms with E-state index in [1.807, 2.05) is 0 Å². The highest BCUT2D eigenvalue weighted by atomic mass is 16.5. The summed E-state index contributed by atoms with van der Waals surface area (Å²) in [7, 11) is 4.65. The molecule has 108 valence electrons. The molecule has 1 unspecified atom stereocenters. The largest absolute Gasteiger partial charge is 0.496 e. The molecule has 0 aliphatic rings. The van der Waals surface area contributed by atoms with Gasteiger partial charge in [-0.1, -0.05) is 0 Å². The summed E-state index contributed by atoms with van der Waals surface area (Å²) in [6, 6.07) is 3.09. The van der Waals surface area contributed by atoms with Gasteiger partial charge in [-0.25, -0.2) is 0 Å². The summed E-state index contributed by atoms with van der Waals surface area (Å²) in [5.41, 5.74) is 6.32. The van der Waals surface area contributed by atoms with Gasteiger partial charge >= 0.3 is 0 Å². The van der Waals surface area contributed by atoms with Crippen LogP contribution in [-0.2, 0) is 0 Å². The van der Waals surface area contributed by atoms with Crippen molar-refractivity contribution in [3.8, 4) is 28.7 Å². The average Bonchev–Trinajstić information content (AvgIpc) is 2.95. The van der Waals surface area contributed by atoms with Crippen LogP contribution in [0.3, 0.4) is 0 Å². The molecule has 1 atom stereocenters. The Bertz CT molecular complexity index is 595. The van der Waals surface area contributed by atoms with E-state index in [9.17, 15) is 0 Å². The Morgan fingerprint density at radius 1 is 1.00 bits per heavy atom. The summed E-state index contributed by atoms with van der Waals surface area (Å²) in [6.07, 6.45) is 0. The van der Waals surface area contributed by atoms with Crippen LogP contribution in [0.2, 0.25) is 0 Å². The van der Waals surface area contributed by atoms with E-state index in [1.165, 1.54) is 0 Å². The maximum Gasteiger partial charge on any atom is 0.251 e. The van der Waals surface area contributed by atoms with Gasteiger partial charge in [-0.05, 0) is 6.92 Å². The Balaban J connectivity index is 2.53. The number of ether oxygens (including phenoxy) is 3. The summed E-state index contributed by atoms with van der Waals surface area (Å²) in [5.74, 6) is 2.32. The van der Waals surface area contributed by atoms with Crippen molar-refractivity contribution in [3.63, 3.8) is 0 Å². The lowest BCUT2D eigenvalue weighted by Crippen LogP contribution is -2.04. The van der Waals surface area contributed by atoms with Gasteiger partial charge in [0, 0.05) is 12.1 Å². The Hall–Kier alpha value is -2.28. The minimum absolute atomic E-state index is 0.315. The fourth-order valence-electron chi connectivity index (χ4n) is 1.72. The third-order valence-corrected chi connectivity index (χ3v) is 2.77. The summed E-state index contributed by atoms with van der Waals surface area (Å²) in [6.45, 7) is 1.77. The van der Waals surface area contributed by atoms with Crippen LogP contribution in [0.4, 0.5) is 0 Å².